The number of aryl methyl sites for hydroxylation is 1. The second kappa shape index (κ2) is 5.89. The number of nitrogens with one attached hydrogen (secondary N) is 1. The predicted molar refractivity (Wildman–Crippen MR) is 88.5 cm³/mol. The van der Waals surface area contributed by atoms with E-state index in [4.69, 9.17) is 0 Å². The highest BCUT2D eigenvalue weighted by Gasteiger charge is 2.23. The van der Waals surface area contributed by atoms with Crippen LogP contribution in [0.2, 0.25) is 0 Å². The lowest BCUT2D eigenvalue weighted by Gasteiger charge is -2.27. The van der Waals surface area contributed by atoms with Crippen molar-refractivity contribution < 1.29 is 0 Å². The van der Waals surface area contributed by atoms with Gasteiger partial charge < -0.3 is 5.32 Å². The number of rotatable bonds is 3. The number of pyridine rings is 1. The van der Waals surface area contributed by atoms with Gasteiger partial charge >= 0.3 is 0 Å². The molecular weight excluding hydrogens is 367 g/mol. The molecule has 0 radical (unpaired) electrons. The number of nitrogens with zero attached hydrogens (tertiary/aromatic N) is 1. The molecule has 19 heavy (non-hydrogen) atoms. The van der Waals surface area contributed by atoms with Crippen LogP contribution in [-0.4, -0.2) is 4.98 Å². The minimum Gasteiger partial charge on any atom is -0.303 e. The molecule has 0 spiro atoms. The van der Waals surface area contributed by atoms with Crippen LogP contribution in [0.15, 0.2) is 30.6 Å². The fraction of sp³-hybridized carbons (Fsp3) is 0.400. The summed E-state index contributed by atoms with van der Waals surface area (Å²) >= 11 is 4.39. The first-order chi connectivity index (χ1) is 9.24. The van der Waals surface area contributed by atoms with Gasteiger partial charge in [0, 0.05) is 29.4 Å². The van der Waals surface area contributed by atoms with Gasteiger partial charge in [0.05, 0.1) is 2.88 Å². The number of aromatic nitrogens is 1. The maximum Gasteiger partial charge on any atom is 0.0659 e. The van der Waals surface area contributed by atoms with Crippen LogP contribution in [0, 0.1) is 2.88 Å². The standard InChI is InChI=1S/C15H17IN2S/c1-10(11-5-7-17-8-6-11)18-13-3-2-4-14-12(13)9-15(16)19-14/h5-10,13,18H,2-4H2,1H3/t10-,13?/m0/s1. The summed E-state index contributed by atoms with van der Waals surface area (Å²) in [6.45, 7) is 2.24. The summed E-state index contributed by atoms with van der Waals surface area (Å²) in [5.41, 5.74) is 2.84. The Kier molecular flexibility index (Phi) is 4.19. The lowest BCUT2D eigenvalue weighted by Crippen LogP contribution is -2.27. The summed E-state index contributed by atoms with van der Waals surface area (Å²) in [4.78, 5) is 5.67. The first kappa shape index (κ1) is 13.5. The molecule has 2 heterocycles. The zero-order chi connectivity index (χ0) is 13.2. The van der Waals surface area contributed by atoms with Crippen molar-refractivity contribution >= 4 is 33.9 Å². The minimum atomic E-state index is 0.372. The summed E-state index contributed by atoms with van der Waals surface area (Å²) < 4.78 is 1.41. The molecule has 1 aliphatic carbocycles. The maximum absolute atomic E-state index is 4.09. The number of hydrogen-bond acceptors (Lipinski definition) is 3. The Morgan fingerprint density at radius 2 is 2.21 bits per heavy atom. The third kappa shape index (κ3) is 3.01. The molecular formula is C15H17IN2S. The van der Waals surface area contributed by atoms with E-state index in [0.717, 1.165) is 0 Å². The second-order valence-electron chi connectivity index (χ2n) is 5.04. The van der Waals surface area contributed by atoms with E-state index in [0.29, 0.717) is 12.1 Å². The minimum absolute atomic E-state index is 0.372. The van der Waals surface area contributed by atoms with Crippen LogP contribution >= 0.6 is 33.9 Å². The average Bonchev–Trinajstić information content (AvgIpc) is 2.81. The second-order valence-corrected chi connectivity index (χ2v) is 8.07. The quantitative estimate of drug-likeness (QED) is 0.790. The van der Waals surface area contributed by atoms with E-state index in [1.54, 1.807) is 4.88 Å². The van der Waals surface area contributed by atoms with Gasteiger partial charge in [0.1, 0.15) is 0 Å². The van der Waals surface area contributed by atoms with Crippen molar-refractivity contribution in [1.82, 2.24) is 10.3 Å². The Bertz CT molecular complexity index is 553. The molecule has 2 nitrogen and oxygen atoms in total. The van der Waals surface area contributed by atoms with Gasteiger partial charge in [-0.05, 0) is 78.1 Å². The molecule has 0 aromatic carbocycles. The normalized spacial score (nSPS) is 20.0. The number of halogens is 1. The topological polar surface area (TPSA) is 24.9 Å². The van der Waals surface area contributed by atoms with Gasteiger partial charge in [0.25, 0.3) is 0 Å². The monoisotopic (exact) mass is 384 g/mol. The van der Waals surface area contributed by atoms with Gasteiger partial charge in [-0.2, -0.15) is 0 Å². The van der Waals surface area contributed by atoms with Crippen molar-refractivity contribution in [2.24, 2.45) is 0 Å². The molecule has 2 aromatic heterocycles. The molecule has 0 fully saturated rings. The molecule has 0 saturated carbocycles. The van der Waals surface area contributed by atoms with Crippen molar-refractivity contribution in [2.45, 2.75) is 38.3 Å². The molecule has 1 N–H and O–H groups in total. The number of hydrogen-bond donors (Lipinski definition) is 1. The maximum atomic E-state index is 4.09. The van der Waals surface area contributed by atoms with Crippen LogP contribution in [-0.2, 0) is 6.42 Å². The third-order valence-corrected chi connectivity index (χ3v) is 5.71. The van der Waals surface area contributed by atoms with Crippen molar-refractivity contribution in [3.8, 4) is 0 Å². The Labute approximate surface area is 131 Å². The Balaban J connectivity index is 1.77. The fourth-order valence-electron chi connectivity index (χ4n) is 2.74. The number of fused-ring (bicyclic) bond motifs is 1. The number of thiophene rings is 1. The van der Waals surface area contributed by atoms with Crippen LogP contribution < -0.4 is 5.32 Å². The largest absolute Gasteiger partial charge is 0.303 e. The van der Waals surface area contributed by atoms with Gasteiger partial charge in [-0.25, -0.2) is 0 Å². The van der Waals surface area contributed by atoms with Crippen LogP contribution in [0.25, 0.3) is 0 Å². The van der Waals surface area contributed by atoms with E-state index in [1.807, 2.05) is 23.7 Å². The molecule has 2 atom stereocenters. The van der Waals surface area contributed by atoms with Gasteiger partial charge in [0.15, 0.2) is 0 Å². The molecule has 0 saturated heterocycles. The van der Waals surface area contributed by atoms with E-state index >= 15 is 0 Å². The summed E-state index contributed by atoms with van der Waals surface area (Å²) in [5.74, 6) is 0. The third-order valence-electron chi connectivity index (χ3n) is 3.74. The molecule has 2 aromatic rings. The molecule has 1 unspecified atom stereocenters. The SMILES string of the molecule is C[C@H](NC1CCCc2sc(I)cc21)c1ccncc1. The van der Waals surface area contributed by atoms with Crippen molar-refractivity contribution in [3.63, 3.8) is 0 Å². The van der Waals surface area contributed by atoms with Crippen LogP contribution in [0.5, 0.6) is 0 Å². The Morgan fingerprint density at radius 3 is 3.00 bits per heavy atom. The predicted octanol–water partition coefficient (Wildman–Crippen LogP) is 4.48. The smallest absolute Gasteiger partial charge is 0.0659 e. The van der Waals surface area contributed by atoms with Crippen molar-refractivity contribution in [2.75, 3.05) is 0 Å². The zero-order valence-corrected chi connectivity index (χ0v) is 13.9. The van der Waals surface area contributed by atoms with Gasteiger partial charge in [-0.15, -0.1) is 11.3 Å². The van der Waals surface area contributed by atoms with Gasteiger partial charge in [-0.3, -0.25) is 4.98 Å². The van der Waals surface area contributed by atoms with Crippen LogP contribution in [0.4, 0.5) is 0 Å². The highest BCUT2D eigenvalue weighted by Crippen LogP contribution is 2.37. The molecule has 3 rings (SSSR count). The summed E-state index contributed by atoms with van der Waals surface area (Å²) in [6.07, 6.45) is 7.53. The van der Waals surface area contributed by atoms with Crippen LogP contribution in [0.3, 0.4) is 0 Å². The van der Waals surface area contributed by atoms with E-state index < -0.39 is 0 Å². The Morgan fingerprint density at radius 1 is 1.42 bits per heavy atom. The molecule has 100 valence electrons. The van der Waals surface area contributed by atoms with Gasteiger partial charge in [-0.1, -0.05) is 0 Å². The van der Waals surface area contributed by atoms with Crippen molar-refractivity contribution in [1.29, 1.82) is 0 Å². The van der Waals surface area contributed by atoms with Crippen molar-refractivity contribution in [3.05, 3.63) is 49.5 Å². The lowest BCUT2D eigenvalue weighted by molar-refractivity contribution is 0.418. The molecule has 0 aliphatic heterocycles. The Hall–Kier alpha value is -0.460. The molecule has 0 bridgehead atoms. The lowest BCUT2D eigenvalue weighted by atomic mass is 9.93. The van der Waals surface area contributed by atoms with Gasteiger partial charge in [0.2, 0.25) is 0 Å². The van der Waals surface area contributed by atoms with E-state index in [1.165, 1.54) is 33.3 Å². The first-order valence-corrected chi connectivity index (χ1v) is 8.57. The van der Waals surface area contributed by atoms with Crippen LogP contribution in [0.1, 0.15) is 47.9 Å². The average molecular weight is 384 g/mol. The van der Waals surface area contributed by atoms with E-state index in [-0.39, 0.29) is 0 Å². The highest BCUT2D eigenvalue weighted by molar-refractivity contribution is 14.1. The summed E-state index contributed by atoms with van der Waals surface area (Å²) in [6, 6.07) is 7.43. The highest BCUT2D eigenvalue weighted by atomic mass is 127. The van der Waals surface area contributed by atoms with E-state index in [9.17, 15) is 0 Å². The fourth-order valence-corrected chi connectivity index (χ4v) is 4.86. The zero-order valence-electron chi connectivity index (χ0n) is 10.9. The van der Waals surface area contributed by atoms with E-state index in [2.05, 4.69) is 58.0 Å². The summed E-state index contributed by atoms with van der Waals surface area (Å²) in [7, 11) is 0. The molecule has 4 heteroatoms. The molecule has 0 amide bonds. The first-order valence-electron chi connectivity index (χ1n) is 6.68. The molecule has 1 aliphatic rings. The summed E-state index contributed by atoms with van der Waals surface area (Å²) in [5, 5.41) is 3.78.